The van der Waals surface area contributed by atoms with Gasteiger partial charge >= 0.3 is 0 Å². The molecule has 9 heteroatoms. The molecule has 19 heavy (non-hydrogen) atoms. The van der Waals surface area contributed by atoms with Crippen molar-refractivity contribution < 1.29 is 8.42 Å². The average Bonchev–Trinajstić information content (AvgIpc) is 2.96. The molecule has 1 aromatic carbocycles. The fraction of sp³-hybridized carbons (Fsp3) is 0.400. The smallest absolute Gasteiger partial charge is 0.245 e. The molecular formula is C10H13ClN4O2S2. The highest BCUT2D eigenvalue weighted by Crippen LogP contribution is 2.26. The predicted molar refractivity (Wildman–Crippen MR) is 76.0 cm³/mol. The van der Waals surface area contributed by atoms with Gasteiger partial charge in [0, 0.05) is 19.1 Å². The zero-order valence-corrected chi connectivity index (χ0v) is 12.3. The molecule has 104 valence electrons. The molecule has 6 nitrogen and oxygen atoms in total. The second-order valence-corrected chi connectivity index (χ2v) is 6.73. The van der Waals surface area contributed by atoms with Crippen LogP contribution < -0.4 is 5.73 Å². The van der Waals surface area contributed by atoms with Crippen molar-refractivity contribution in [1.82, 2.24) is 13.1 Å². The number of nitrogens with two attached hydrogens (primary N) is 1. The first-order valence-corrected chi connectivity index (χ1v) is 7.73. The third-order valence-electron chi connectivity index (χ3n) is 3.05. The number of hydrogen-bond donors (Lipinski definition) is 1. The van der Waals surface area contributed by atoms with E-state index in [1.807, 2.05) is 0 Å². The number of sulfonamides is 1. The van der Waals surface area contributed by atoms with E-state index >= 15 is 0 Å². The number of nitrogens with zero attached hydrogens (tertiary/aromatic N) is 3. The normalized spacial score (nSPS) is 20.6. The summed E-state index contributed by atoms with van der Waals surface area (Å²) in [5, 5.41) is 0. The van der Waals surface area contributed by atoms with Crippen molar-refractivity contribution in [1.29, 1.82) is 0 Å². The molecule has 1 aromatic heterocycles. The Morgan fingerprint density at radius 3 is 2.84 bits per heavy atom. The van der Waals surface area contributed by atoms with Gasteiger partial charge in [-0.05, 0) is 18.6 Å². The highest BCUT2D eigenvalue weighted by Gasteiger charge is 2.32. The SMILES string of the molecule is Cl.NC1CCN(S(=O)(=O)c2cccc3nsnc23)C1. The Labute approximate surface area is 121 Å². The zero-order chi connectivity index (χ0) is 12.8. The van der Waals surface area contributed by atoms with Crippen molar-refractivity contribution in [2.24, 2.45) is 5.73 Å². The van der Waals surface area contributed by atoms with Gasteiger partial charge in [-0.25, -0.2) is 8.42 Å². The van der Waals surface area contributed by atoms with Crippen LogP contribution in [-0.4, -0.2) is 40.6 Å². The van der Waals surface area contributed by atoms with E-state index < -0.39 is 10.0 Å². The van der Waals surface area contributed by atoms with Gasteiger partial charge in [0.15, 0.2) is 0 Å². The van der Waals surface area contributed by atoms with Gasteiger partial charge in [0.25, 0.3) is 0 Å². The van der Waals surface area contributed by atoms with E-state index in [-0.39, 0.29) is 23.3 Å². The maximum absolute atomic E-state index is 12.5. The van der Waals surface area contributed by atoms with Crippen LogP contribution in [0.3, 0.4) is 0 Å². The van der Waals surface area contributed by atoms with Crippen LogP contribution in [0.5, 0.6) is 0 Å². The molecule has 0 aliphatic carbocycles. The summed E-state index contributed by atoms with van der Waals surface area (Å²) in [4.78, 5) is 0.225. The van der Waals surface area contributed by atoms with E-state index in [1.165, 1.54) is 4.31 Å². The van der Waals surface area contributed by atoms with E-state index in [1.54, 1.807) is 18.2 Å². The lowest BCUT2D eigenvalue weighted by molar-refractivity contribution is 0.473. The average molecular weight is 321 g/mol. The van der Waals surface area contributed by atoms with Gasteiger partial charge < -0.3 is 5.73 Å². The third-order valence-corrected chi connectivity index (χ3v) is 5.49. The minimum atomic E-state index is -3.51. The molecule has 0 spiro atoms. The molecule has 2 aromatic rings. The number of benzene rings is 1. The number of rotatable bonds is 2. The van der Waals surface area contributed by atoms with Gasteiger partial charge in [-0.2, -0.15) is 13.1 Å². The van der Waals surface area contributed by atoms with Crippen molar-refractivity contribution >= 4 is 45.2 Å². The molecule has 1 unspecified atom stereocenters. The molecule has 1 saturated heterocycles. The summed E-state index contributed by atoms with van der Waals surface area (Å²) in [5.74, 6) is 0. The lowest BCUT2D eigenvalue weighted by atomic mass is 10.3. The summed E-state index contributed by atoms with van der Waals surface area (Å²) in [5.41, 5.74) is 6.82. The summed E-state index contributed by atoms with van der Waals surface area (Å²) in [6, 6.07) is 4.94. The summed E-state index contributed by atoms with van der Waals surface area (Å²) in [7, 11) is -3.51. The zero-order valence-electron chi connectivity index (χ0n) is 9.89. The number of halogens is 1. The minimum Gasteiger partial charge on any atom is -0.326 e. The molecule has 1 aliphatic rings. The van der Waals surface area contributed by atoms with Gasteiger partial charge in [-0.15, -0.1) is 12.4 Å². The third kappa shape index (κ3) is 2.46. The molecule has 0 radical (unpaired) electrons. The molecule has 3 rings (SSSR count). The van der Waals surface area contributed by atoms with Gasteiger partial charge in [0.1, 0.15) is 15.9 Å². The Morgan fingerprint density at radius 2 is 2.16 bits per heavy atom. The molecule has 1 aliphatic heterocycles. The van der Waals surface area contributed by atoms with Gasteiger partial charge in [-0.1, -0.05) is 6.07 Å². The van der Waals surface area contributed by atoms with Gasteiger partial charge in [0.05, 0.1) is 11.7 Å². The second-order valence-electron chi connectivity index (χ2n) is 4.30. The first-order valence-electron chi connectivity index (χ1n) is 5.56. The Kier molecular flexibility index (Phi) is 4.07. The van der Waals surface area contributed by atoms with Crippen LogP contribution in [0.2, 0.25) is 0 Å². The lowest BCUT2D eigenvalue weighted by Gasteiger charge is -2.15. The molecule has 2 heterocycles. The van der Waals surface area contributed by atoms with E-state index in [4.69, 9.17) is 5.73 Å². The first-order chi connectivity index (χ1) is 8.59. The predicted octanol–water partition coefficient (Wildman–Crippen LogP) is 0.835. The summed E-state index contributed by atoms with van der Waals surface area (Å²) < 4.78 is 34.5. The van der Waals surface area contributed by atoms with Crippen LogP contribution in [-0.2, 0) is 10.0 Å². The standard InChI is InChI=1S/C10H12N4O2S2.ClH/c11-7-4-5-14(6-7)18(15,16)9-3-1-2-8-10(9)13-17-12-8;/h1-3,7H,4-6,11H2;1H. The van der Waals surface area contributed by atoms with Crippen LogP contribution in [0.4, 0.5) is 0 Å². The summed E-state index contributed by atoms with van der Waals surface area (Å²) >= 11 is 1.02. The highest BCUT2D eigenvalue weighted by atomic mass is 35.5. The van der Waals surface area contributed by atoms with E-state index in [0.717, 1.165) is 11.7 Å². The maximum Gasteiger partial charge on any atom is 0.245 e. The largest absolute Gasteiger partial charge is 0.326 e. The number of fused-ring (bicyclic) bond motifs is 1. The fourth-order valence-electron chi connectivity index (χ4n) is 2.10. The second kappa shape index (κ2) is 5.29. The van der Waals surface area contributed by atoms with E-state index in [9.17, 15) is 8.42 Å². The summed E-state index contributed by atoms with van der Waals surface area (Å²) in [6.07, 6.45) is 0.699. The van der Waals surface area contributed by atoms with Crippen molar-refractivity contribution in [3.05, 3.63) is 18.2 Å². The molecule has 1 fully saturated rings. The Bertz CT molecular complexity index is 688. The molecule has 1 atom stereocenters. The van der Waals surface area contributed by atoms with Gasteiger partial charge in [-0.3, -0.25) is 0 Å². The quantitative estimate of drug-likeness (QED) is 0.885. The number of aromatic nitrogens is 2. The van der Waals surface area contributed by atoms with Crippen LogP contribution >= 0.6 is 24.1 Å². The van der Waals surface area contributed by atoms with Crippen LogP contribution in [0, 0.1) is 0 Å². The van der Waals surface area contributed by atoms with E-state index in [0.29, 0.717) is 30.5 Å². The van der Waals surface area contributed by atoms with Crippen molar-refractivity contribution in [2.45, 2.75) is 17.4 Å². The topological polar surface area (TPSA) is 89.2 Å². The highest BCUT2D eigenvalue weighted by molar-refractivity contribution is 7.89. The van der Waals surface area contributed by atoms with Crippen LogP contribution in [0.15, 0.2) is 23.1 Å². The van der Waals surface area contributed by atoms with Crippen LogP contribution in [0.1, 0.15) is 6.42 Å². The Balaban J connectivity index is 0.00000133. The van der Waals surface area contributed by atoms with Crippen molar-refractivity contribution in [2.75, 3.05) is 13.1 Å². The number of hydrogen-bond acceptors (Lipinski definition) is 6. The Hall–Kier alpha value is -0.800. The summed E-state index contributed by atoms with van der Waals surface area (Å²) in [6.45, 7) is 0.841. The Morgan fingerprint density at radius 1 is 1.37 bits per heavy atom. The molecule has 0 amide bonds. The molecule has 2 N–H and O–H groups in total. The monoisotopic (exact) mass is 320 g/mol. The first kappa shape index (κ1) is 14.6. The fourth-order valence-corrected chi connectivity index (χ4v) is 4.37. The van der Waals surface area contributed by atoms with E-state index in [2.05, 4.69) is 8.75 Å². The van der Waals surface area contributed by atoms with Crippen molar-refractivity contribution in [3.63, 3.8) is 0 Å². The maximum atomic E-state index is 12.5. The van der Waals surface area contributed by atoms with Crippen molar-refractivity contribution in [3.8, 4) is 0 Å². The van der Waals surface area contributed by atoms with Crippen LogP contribution in [0.25, 0.3) is 11.0 Å². The minimum absolute atomic E-state index is 0. The lowest BCUT2D eigenvalue weighted by Crippen LogP contribution is -2.32. The molecule has 0 saturated carbocycles. The molecular weight excluding hydrogens is 308 g/mol. The molecule has 0 bridgehead atoms. The van der Waals surface area contributed by atoms with Gasteiger partial charge in [0.2, 0.25) is 10.0 Å².